The summed E-state index contributed by atoms with van der Waals surface area (Å²) in [7, 11) is 2.99. The zero-order valence-electron chi connectivity index (χ0n) is 23.4. The van der Waals surface area contributed by atoms with Gasteiger partial charge in [0.05, 0.1) is 36.3 Å². The highest BCUT2D eigenvalue weighted by Crippen LogP contribution is 2.47. The molecule has 0 aliphatic carbocycles. The fraction of sp³-hybridized carbons (Fsp3) is 0.281. The number of hydrogen-bond acceptors (Lipinski definition) is 9. The molecule has 0 saturated carbocycles. The van der Waals surface area contributed by atoms with Crippen LogP contribution in [0.5, 0.6) is 17.2 Å². The number of ether oxygens (including phenoxy) is 5. The van der Waals surface area contributed by atoms with Crippen LogP contribution in [0, 0.1) is 0 Å². The summed E-state index contributed by atoms with van der Waals surface area (Å²) < 4.78 is 35.1. The highest BCUT2D eigenvalue weighted by molar-refractivity contribution is 5.92. The number of rotatable bonds is 7. The second-order valence-corrected chi connectivity index (χ2v) is 10.1. The molecule has 0 amide bonds. The van der Waals surface area contributed by atoms with Crippen LogP contribution in [0.2, 0.25) is 0 Å². The van der Waals surface area contributed by atoms with Crippen molar-refractivity contribution in [2.75, 3.05) is 14.2 Å². The molecule has 3 aromatic carbocycles. The first-order chi connectivity index (χ1) is 19.6. The average molecular weight is 559 g/mol. The SMILES string of the molecule is CCc1cc(=O)c2ccc3c(c2o1)[C@@H](OC(=O)c1cccc(OC)c1)[C@@H](OC(=O)c1cccc(OC)c1)C(C)(C)O3. The van der Waals surface area contributed by atoms with Gasteiger partial charge in [0.25, 0.3) is 0 Å². The Balaban J connectivity index is 1.66. The first kappa shape index (κ1) is 27.8. The lowest BCUT2D eigenvalue weighted by molar-refractivity contribution is -0.122. The standard InChI is InChI=1S/C32H30O9/c1-6-20-17-24(33)23-13-14-25-26(27(23)38-20)28(39-30(34)18-9-7-11-21(15-18)36-4)29(32(2,3)41-25)40-31(35)19-10-8-12-22(16-19)37-5/h7-17,28-29H,6H2,1-5H3/t28-,29-/m1/s1. The summed E-state index contributed by atoms with van der Waals surface area (Å²) in [6, 6.07) is 17.7. The minimum Gasteiger partial charge on any atom is -0.497 e. The summed E-state index contributed by atoms with van der Waals surface area (Å²) in [6.07, 6.45) is -1.87. The van der Waals surface area contributed by atoms with E-state index < -0.39 is 29.7 Å². The van der Waals surface area contributed by atoms with Crippen LogP contribution in [0.3, 0.4) is 0 Å². The predicted octanol–water partition coefficient (Wildman–Crippen LogP) is 5.67. The molecule has 5 rings (SSSR count). The molecule has 2 heterocycles. The number of esters is 2. The van der Waals surface area contributed by atoms with Crippen molar-refractivity contribution in [3.63, 3.8) is 0 Å². The van der Waals surface area contributed by atoms with Crippen molar-refractivity contribution in [2.24, 2.45) is 0 Å². The maximum absolute atomic E-state index is 13.5. The Kier molecular flexibility index (Phi) is 7.45. The lowest BCUT2D eigenvalue weighted by Gasteiger charge is -2.43. The summed E-state index contributed by atoms with van der Waals surface area (Å²) >= 11 is 0. The van der Waals surface area contributed by atoms with Crippen LogP contribution in [-0.4, -0.2) is 37.9 Å². The summed E-state index contributed by atoms with van der Waals surface area (Å²) in [5, 5.41) is 0.282. The molecular weight excluding hydrogens is 528 g/mol. The molecule has 2 atom stereocenters. The number of fused-ring (bicyclic) bond motifs is 3. The number of hydrogen-bond donors (Lipinski definition) is 0. The van der Waals surface area contributed by atoms with Gasteiger partial charge in [0.15, 0.2) is 17.6 Å². The summed E-state index contributed by atoms with van der Waals surface area (Å²) in [5.74, 6) is 0.375. The average Bonchev–Trinajstić information content (AvgIpc) is 2.97. The third-order valence-electron chi connectivity index (χ3n) is 6.99. The molecule has 0 saturated heterocycles. The van der Waals surface area contributed by atoms with Gasteiger partial charge < -0.3 is 28.1 Å². The molecule has 212 valence electrons. The quantitative estimate of drug-likeness (QED) is 0.265. The van der Waals surface area contributed by atoms with E-state index in [9.17, 15) is 14.4 Å². The number of aryl methyl sites for hydroxylation is 1. The van der Waals surface area contributed by atoms with E-state index in [1.807, 2.05) is 6.92 Å². The van der Waals surface area contributed by atoms with Crippen LogP contribution >= 0.6 is 0 Å². The van der Waals surface area contributed by atoms with E-state index in [0.29, 0.717) is 35.0 Å². The van der Waals surface area contributed by atoms with Gasteiger partial charge in [-0.1, -0.05) is 19.1 Å². The van der Waals surface area contributed by atoms with Crippen molar-refractivity contribution in [2.45, 2.75) is 45.0 Å². The normalized spacial score (nSPS) is 17.2. The van der Waals surface area contributed by atoms with E-state index in [2.05, 4.69) is 0 Å². The van der Waals surface area contributed by atoms with Crippen molar-refractivity contribution in [3.8, 4) is 17.2 Å². The fourth-order valence-corrected chi connectivity index (χ4v) is 4.85. The molecule has 4 aromatic rings. The number of benzene rings is 3. The number of methoxy groups -OCH3 is 2. The lowest BCUT2D eigenvalue weighted by Crippen LogP contribution is -2.52. The minimum absolute atomic E-state index is 0.202. The second-order valence-electron chi connectivity index (χ2n) is 10.1. The van der Waals surface area contributed by atoms with Crippen LogP contribution in [0.1, 0.15) is 58.9 Å². The molecule has 41 heavy (non-hydrogen) atoms. The molecule has 1 aliphatic rings. The van der Waals surface area contributed by atoms with E-state index in [1.54, 1.807) is 74.5 Å². The molecule has 1 aliphatic heterocycles. The van der Waals surface area contributed by atoms with Gasteiger partial charge in [-0.15, -0.1) is 0 Å². The maximum Gasteiger partial charge on any atom is 0.339 e. The lowest BCUT2D eigenvalue weighted by atomic mass is 9.87. The Hall–Kier alpha value is -4.79. The predicted molar refractivity (Wildman–Crippen MR) is 150 cm³/mol. The number of carbonyl (C=O) groups excluding carboxylic acids is 2. The zero-order chi connectivity index (χ0) is 29.3. The summed E-state index contributed by atoms with van der Waals surface area (Å²) in [4.78, 5) is 39.9. The van der Waals surface area contributed by atoms with Gasteiger partial charge in [-0.05, 0) is 62.4 Å². The van der Waals surface area contributed by atoms with Gasteiger partial charge in [-0.3, -0.25) is 4.79 Å². The van der Waals surface area contributed by atoms with Crippen LogP contribution < -0.4 is 19.6 Å². The molecule has 0 unspecified atom stereocenters. The Bertz CT molecular complexity index is 1680. The van der Waals surface area contributed by atoms with Crippen molar-refractivity contribution < 1.29 is 37.7 Å². The van der Waals surface area contributed by atoms with Crippen molar-refractivity contribution >= 4 is 22.9 Å². The second kappa shape index (κ2) is 11.0. The topological polar surface area (TPSA) is 110 Å². The fourth-order valence-electron chi connectivity index (χ4n) is 4.85. The van der Waals surface area contributed by atoms with Crippen LogP contribution in [0.25, 0.3) is 11.0 Å². The van der Waals surface area contributed by atoms with Gasteiger partial charge in [-0.2, -0.15) is 0 Å². The monoisotopic (exact) mass is 558 g/mol. The Morgan fingerprint density at radius 1 is 0.854 bits per heavy atom. The van der Waals surface area contributed by atoms with Gasteiger partial charge in [-0.25, -0.2) is 9.59 Å². The molecule has 9 nitrogen and oxygen atoms in total. The van der Waals surface area contributed by atoms with Crippen LogP contribution in [-0.2, 0) is 15.9 Å². The van der Waals surface area contributed by atoms with E-state index in [0.717, 1.165) is 0 Å². The van der Waals surface area contributed by atoms with E-state index >= 15 is 0 Å². The minimum atomic E-state index is -1.19. The van der Waals surface area contributed by atoms with Gasteiger partial charge >= 0.3 is 11.9 Å². The van der Waals surface area contributed by atoms with E-state index in [-0.39, 0.29) is 27.5 Å². The molecule has 0 N–H and O–H groups in total. The van der Waals surface area contributed by atoms with Gasteiger partial charge in [0.1, 0.15) is 34.2 Å². The molecule has 0 spiro atoms. The molecule has 0 fully saturated rings. The third-order valence-corrected chi connectivity index (χ3v) is 6.99. The first-order valence-electron chi connectivity index (χ1n) is 13.1. The smallest absolute Gasteiger partial charge is 0.339 e. The maximum atomic E-state index is 13.5. The summed E-state index contributed by atoms with van der Waals surface area (Å²) in [5.41, 5.74) is -0.441. The first-order valence-corrected chi connectivity index (χ1v) is 13.1. The van der Waals surface area contributed by atoms with Crippen molar-refractivity contribution in [1.29, 1.82) is 0 Å². The zero-order valence-corrected chi connectivity index (χ0v) is 23.4. The van der Waals surface area contributed by atoms with E-state index in [1.165, 1.54) is 20.3 Å². The van der Waals surface area contributed by atoms with E-state index in [4.69, 9.17) is 28.1 Å². The van der Waals surface area contributed by atoms with Crippen molar-refractivity contribution in [1.82, 2.24) is 0 Å². The highest BCUT2D eigenvalue weighted by Gasteiger charge is 2.50. The molecule has 1 aromatic heterocycles. The molecule has 9 heteroatoms. The van der Waals surface area contributed by atoms with Gasteiger partial charge in [0.2, 0.25) is 0 Å². The third kappa shape index (κ3) is 5.35. The summed E-state index contributed by atoms with van der Waals surface area (Å²) in [6.45, 7) is 5.32. The molecule has 0 radical (unpaired) electrons. The Morgan fingerprint density at radius 2 is 1.46 bits per heavy atom. The largest absolute Gasteiger partial charge is 0.497 e. The Morgan fingerprint density at radius 3 is 2.05 bits per heavy atom. The highest BCUT2D eigenvalue weighted by atomic mass is 16.6. The molecule has 0 bridgehead atoms. The van der Waals surface area contributed by atoms with Crippen LogP contribution in [0.15, 0.2) is 75.9 Å². The van der Waals surface area contributed by atoms with Gasteiger partial charge in [0, 0.05) is 12.5 Å². The molecular formula is C32H30O9. The van der Waals surface area contributed by atoms with Crippen molar-refractivity contribution in [3.05, 3.63) is 99.4 Å². The Labute approximate surface area is 236 Å². The van der Waals surface area contributed by atoms with Crippen LogP contribution in [0.4, 0.5) is 0 Å². The number of carbonyl (C=O) groups is 2.